The molecule has 5 heteroatoms. The Labute approximate surface area is 133 Å². The molecule has 2 N–H and O–H groups in total. The smallest absolute Gasteiger partial charge is 0.191 e. The van der Waals surface area contributed by atoms with Crippen molar-refractivity contribution in [3.8, 4) is 0 Å². The minimum Gasteiger partial charge on any atom is -0.356 e. The van der Waals surface area contributed by atoms with Gasteiger partial charge in [0.15, 0.2) is 5.96 Å². The molecule has 0 saturated heterocycles. The van der Waals surface area contributed by atoms with E-state index in [-0.39, 0.29) is 24.0 Å². The van der Waals surface area contributed by atoms with E-state index in [1.54, 1.807) is 0 Å². The summed E-state index contributed by atoms with van der Waals surface area (Å²) in [5.41, 5.74) is 1.42. The Morgan fingerprint density at radius 2 is 2.06 bits per heavy atom. The molecule has 1 saturated carbocycles. The van der Waals surface area contributed by atoms with Crippen LogP contribution in [0.3, 0.4) is 0 Å². The van der Waals surface area contributed by atoms with E-state index >= 15 is 0 Å². The maximum atomic E-state index is 4.44. The van der Waals surface area contributed by atoms with Crippen LogP contribution in [0.5, 0.6) is 0 Å². The lowest BCUT2D eigenvalue weighted by molar-refractivity contribution is 0.696. The number of guanidine groups is 1. The second-order valence-electron chi connectivity index (χ2n) is 4.66. The number of aliphatic imine (C=N–C) groups is 1. The predicted molar refractivity (Wildman–Crippen MR) is 88.8 cm³/mol. The van der Waals surface area contributed by atoms with Gasteiger partial charge in [-0.15, -0.1) is 24.0 Å². The number of rotatable bonds is 2. The molecule has 1 aliphatic carbocycles. The van der Waals surface area contributed by atoms with Crippen molar-refractivity contribution in [1.82, 2.24) is 10.6 Å². The van der Waals surface area contributed by atoms with Gasteiger partial charge >= 0.3 is 0 Å². The van der Waals surface area contributed by atoms with Gasteiger partial charge in [-0.05, 0) is 30.5 Å². The zero-order chi connectivity index (χ0) is 11.7. The van der Waals surface area contributed by atoms with E-state index in [0.29, 0.717) is 12.0 Å². The summed E-state index contributed by atoms with van der Waals surface area (Å²) in [5, 5.41) is 6.79. The van der Waals surface area contributed by atoms with Gasteiger partial charge in [-0.2, -0.15) is 0 Å². The normalized spacial score (nSPS) is 25.5. The Kier molecular flexibility index (Phi) is 4.89. The van der Waals surface area contributed by atoms with Crippen LogP contribution in [0, 0.1) is 0 Å². The Hall–Kier alpha value is -0.300. The summed E-state index contributed by atoms with van der Waals surface area (Å²) < 4.78 is 1.14. The lowest BCUT2D eigenvalue weighted by atomic mass is 10.1. The van der Waals surface area contributed by atoms with Gasteiger partial charge in [0, 0.05) is 29.5 Å². The zero-order valence-electron chi connectivity index (χ0n) is 10.0. The topological polar surface area (TPSA) is 36.4 Å². The van der Waals surface area contributed by atoms with Crippen molar-refractivity contribution in [2.75, 3.05) is 13.1 Å². The molecule has 0 aromatic heterocycles. The van der Waals surface area contributed by atoms with Gasteiger partial charge in [0.2, 0.25) is 0 Å². The minimum atomic E-state index is 0. The maximum Gasteiger partial charge on any atom is 0.191 e. The molecule has 3 rings (SSSR count). The highest BCUT2D eigenvalue weighted by atomic mass is 127. The van der Waals surface area contributed by atoms with Gasteiger partial charge in [0.1, 0.15) is 0 Å². The second-order valence-corrected chi connectivity index (χ2v) is 5.57. The number of nitrogens with one attached hydrogen (secondary N) is 2. The summed E-state index contributed by atoms with van der Waals surface area (Å²) in [7, 11) is 0. The molecule has 1 aromatic carbocycles. The molecular formula is C13H17BrIN3. The van der Waals surface area contributed by atoms with Crippen LogP contribution in [-0.2, 0) is 0 Å². The van der Waals surface area contributed by atoms with Crippen LogP contribution in [0.25, 0.3) is 0 Å². The summed E-state index contributed by atoms with van der Waals surface area (Å²) >= 11 is 3.46. The van der Waals surface area contributed by atoms with Gasteiger partial charge < -0.3 is 10.6 Å². The number of hydrogen-bond acceptors (Lipinski definition) is 3. The molecule has 1 heterocycles. The molecule has 1 fully saturated rings. The molecule has 1 aromatic rings. The first-order valence-corrected chi connectivity index (χ1v) is 6.92. The molecule has 18 heavy (non-hydrogen) atoms. The SMILES string of the molecule is Brc1ccc([C@@H]2C[C@H]2NC2=NCCCN2)cc1.I. The summed E-state index contributed by atoms with van der Waals surface area (Å²) in [6.07, 6.45) is 2.36. The third kappa shape index (κ3) is 3.38. The molecule has 3 nitrogen and oxygen atoms in total. The van der Waals surface area contributed by atoms with Crippen LogP contribution in [-0.4, -0.2) is 25.1 Å². The van der Waals surface area contributed by atoms with Crippen LogP contribution in [0.4, 0.5) is 0 Å². The Bertz CT molecular complexity index is 432. The van der Waals surface area contributed by atoms with Crippen molar-refractivity contribution >= 4 is 45.9 Å². The van der Waals surface area contributed by atoms with Crippen LogP contribution in [0.2, 0.25) is 0 Å². The van der Waals surface area contributed by atoms with Crippen molar-refractivity contribution in [2.45, 2.75) is 24.8 Å². The first kappa shape index (κ1) is 14.1. The van der Waals surface area contributed by atoms with E-state index in [9.17, 15) is 0 Å². The third-order valence-corrected chi connectivity index (χ3v) is 3.84. The average molecular weight is 422 g/mol. The molecule has 2 atom stereocenters. The first-order chi connectivity index (χ1) is 8.33. The minimum absolute atomic E-state index is 0. The van der Waals surface area contributed by atoms with E-state index in [1.807, 2.05) is 0 Å². The molecule has 0 spiro atoms. The third-order valence-electron chi connectivity index (χ3n) is 3.31. The monoisotopic (exact) mass is 421 g/mol. The van der Waals surface area contributed by atoms with E-state index in [0.717, 1.165) is 29.9 Å². The van der Waals surface area contributed by atoms with Crippen LogP contribution in [0.1, 0.15) is 24.3 Å². The fraction of sp³-hybridized carbons (Fsp3) is 0.462. The first-order valence-electron chi connectivity index (χ1n) is 6.13. The van der Waals surface area contributed by atoms with E-state index in [4.69, 9.17) is 0 Å². The van der Waals surface area contributed by atoms with E-state index in [2.05, 4.69) is 55.8 Å². The molecule has 1 aliphatic heterocycles. The number of benzene rings is 1. The van der Waals surface area contributed by atoms with Gasteiger partial charge in [0.05, 0.1) is 0 Å². The highest BCUT2D eigenvalue weighted by Crippen LogP contribution is 2.40. The fourth-order valence-electron chi connectivity index (χ4n) is 2.24. The maximum absolute atomic E-state index is 4.44. The summed E-state index contributed by atoms with van der Waals surface area (Å²) in [6.45, 7) is 1.99. The summed E-state index contributed by atoms with van der Waals surface area (Å²) in [5.74, 6) is 1.63. The van der Waals surface area contributed by atoms with Crippen molar-refractivity contribution in [3.05, 3.63) is 34.3 Å². The second kappa shape index (κ2) is 6.23. The fourth-order valence-corrected chi connectivity index (χ4v) is 2.50. The van der Waals surface area contributed by atoms with Crippen molar-refractivity contribution < 1.29 is 0 Å². The molecule has 0 amide bonds. The largest absolute Gasteiger partial charge is 0.356 e. The summed E-state index contributed by atoms with van der Waals surface area (Å²) in [4.78, 5) is 4.44. The van der Waals surface area contributed by atoms with Crippen molar-refractivity contribution in [3.63, 3.8) is 0 Å². The molecule has 0 radical (unpaired) electrons. The standard InChI is InChI=1S/C13H16BrN3.HI/c14-10-4-2-9(3-5-10)11-8-12(11)17-13-15-6-1-7-16-13;/h2-5,11-12H,1,6-8H2,(H2,15,16,17);1H/t11-,12+;/m0./s1. The lowest BCUT2D eigenvalue weighted by Crippen LogP contribution is -2.42. The Morgan fingerprint density at radius 3 is 2.72 bits per heavy atom. The highest BCUT2D eigenvalue weighted by molar-refractivity contribution is 14.0. The highest BCUT2D eigenvalue weighted by Gasteiger charge is 2.39. The predicted octanol–water partition coefficient (Wildman–Crippen LogP) is 2.86. The van der Waals surface area contributed by atoms with Gasteiger partial charge in [0.25, 0.3) is 0 Å². The average Bonchev–Trinajstić information content (AvgIpc) is 3.11. The van der Waals surface area contributed by atoms with Crippen molar-refractivity contribution in [2.24, 2.45) is 4.99 Å². The van der Waals surface area contributed by atoms with Crippen molar-refractivity contribution in [1.29, 1.82) is 0 Å². The zero-order valence-corrected chi connectivity index (χ0v) is 13.9. The molecule has 0 unspecified atom stereocenters. The van der Waals surface area contributed by atoms with Crippen LogP contribution in [0.15, 0.2) is 33.7 Å². The molecule has 98 valence electrons. The van der Waals surface area contributed by atoms with Gasteiger partial charge in [-0.1, -0.05) is 28.1 Å². The summed E-state index contributed by atoms with van der Waals surface area (Å²) in [6, 6.07) is 9.18. The number of hydrogen-bond donors (Lipinski definition) is 2. The van der Waals surface area contributed by atoms with Crippen LogP contribution < -0.4 is 10.6 Å². The van der Waals surface area contributed by atoms with Gasteiger partial charge in [-0.3, -0.25) is 4.99 Å². The Balaban J connectivity index is 0.00000120. The van der Waals surface area contributed by atoms with Gasteiger partial charge in [-0.25, -0.2) is 0 Å². The molecule has 2 aliphatic rings. The quantitative estimate of drug-likeness (QED) is 0.720. The van der Waals surface area contributed by atoms with Crippen LogP contribution >= 0.6 is 39.9 Å². The number of halogens is 2. The molecule has 0 bridgehead atoms. The number of nitrogens with zero attached hydrogens (tertiary/aromatic N) is 1. The lowest BCUT2D eigenvalue weighted by Gasteiger charge is -2.16. The Morgan fingerprint density at radius 1 is 1.28 bits per heavy atom. The van der Waals surface area contributed by atoms with E-state index in [1.165, 1.54) is 12.0 Å². The van der Waals surface area contributed by atoms with E-state index < -0.39 is 0 Å². The molecular weight excluding hydrogens is 405 g/mol.